The van der Waals surface area contributed by atoms with Crippen LogP contribution in [0.1, 0.15) is 45.4 Å². The van der Waals surface area contributed by atoms with Gasteiger partial charge in [-0.3, -0.25) is 4.90 Å². The van der Waals surface area contributed by atoms with Crippen molar-refractivity contribution in [3.63, 3.8) is 0 Å². The third-order valence-electron chi connectivity index (χ3n) is 4.64. The second-order valence-electron chi connectivity index (χ2n) is 6.46. The summed E-state index contributed by atoms with van der Waals surface area (Å²) < 4.78 is 5.73. The molecule has 0 radical (unpaired) electrons. The van der Waals surface area contributed by atoms with E-state index < -0.39 is 0 Å². The Labute approximate surface area is 111 Å². The molecular weight excluding hydrogens is 224 g/mol. The molecule has 1 saturated heterocycles. The standard InChI is InChI=1S/C15H28N2O/c1-12(15-3-2-10-18-15)16-8-9-17(14-6-7-14)11-13-4-5-13/h12-16H,2-11H2,1H3. The fourth-order valence-electron chi connectivity index (χ4n) is 3.06. The Morgan fingerprint density at radius 2 is 2.06 bits per heavy atom. The minimum atomic E-state index is 0.461. The van der Waals surface area contributed by atoms with Crippen molar-refractivity contribution < 1.29 is 4.74 Å². The third-order valence-corrected chi connectivity index (χ3v) is 4.64. The van der Waals surface area contributed by atoms with Gasteiger partial charge in [0.1, 0.15) is 0 Å². The Morgan fingerprint density at radius 1 is 1.22 bits per heavy atom. The summed E-state index contributed by atoms with van der Waals surface area (Å²) in [5.41, 5.74) is 0. The summed E-state index contributed by atoms with van der Waals surface area (Å²) in [4.78, 5) is 2.73. The van der Waals surface area contributed by atoms with E-state index in [9.17, 15) is 0 Å². The molecule has 2 unspecified atom stereocenters. The molecule has 1 aliphatic heterocycles. The molecule has 2 saturated carbocycles. The van der Waals surface area contributed by atoms with Crippen molar-refractivity contribution in [3.8, 4) is 0 Å². The van der Waals surface area contributed by atoms with Gasteiger partial charge in [-0.2, -0.15) is 0 Å². The van der Waals surface area contributed by atoms with Gasteiger partial charge in [-0.25, -0.2) is 0 Å². The molecule has 18 heavy (non-hydrogen) atoms. The van der Waals surface area contributed by atoms with Crippen LogP contribution < -0.4 is 5.32 Å². The summed E-state index contributed by atoms with van der Waals surface area (Å²) in [6, 6.07) is 1.44. The lowest BCUT2D eigenvalue weighted by molar-refractivity contribution is 0.0824. The van der Waals surface area contributed by atoms with E-state index in [4.69, 9.17) is 4.74 Å². The average Bonchev–Trinajstić information content (AvgIpc) is 3.28. The molecule has 0 aromatic carbocycles. The monoisotopic (exact) mass is 252 g/mol. The van der Waals surface area contributed by atoms with Gasteiger partial charge in [0.25, 0.3) is 0 Å². The van der Waals surface area contributed by atoms with Crippen LogP contribution in [0.4, 0.5) is 0 Å². The molecule has 0 spiro atoms. The Kier molecular flexibility index (Phi) is 4.22. The molecule has 3 rings (SSSR count). The highest BCUT2D eigenvalue weighted by atomic mass is 16.5. The maximum absolute atomic E-state index is 5.73. The maximum atomic E-state index is 5.73. The predicted molar refractivity (Wildman–Crippen MR) is 73.8 cm³/mol. The second kappa shape index (κ2) is 5.89. The van der Waals surface area contributed by atoms with Gasteiger partial charge in [-0.05, 0) is 51.4 Å². The molecule has 3 fully saturated rings. The Morgan fingerprint density at radius 3 is 2.67 bits per heavy atom. The number of nitrogens with one attached hydrogen (secondary N) is 1. The number of rotatable bonds is 8. The molecular formula is C15H28N2O. The van der Waals surface area contributed by atoms with Crippen molar-refractivity contribution in [1.82, 2.24) is 10.2 Å². The van der Waals surface area contributed by atoms with Gasteiger partial charge in [0.2, 0.25) is 0 Å². The lowest BCUT2D eigenvalue weighted by Gasteiger charge is -2.25. The molecule has 0 bridgehead atoms. The van der Waals surface area contributed by atoms with Crippen LogP contribution in [0.5, 0.6) is 0 Å². The van der Waals surface area contributed by atoms with E-state index in [1.165, 1.54) is 51.6 Å². The molecule has 1 N–H and O–H groups in total. The summed E-state index contributed by atoms with van der Waals surface area (Å²) in [5, 5.41) is 3.66. The second-order valence-corrected chi connectivity index (χ2v) is 6.46. The summed E-state index contributed by atoms with van der Waals surface area (Å²) in [7, 11) is 0. The van der Waals surface area contributed by atoms with Crippen LogP contribution in [-0.4, -0.2) is 49.3 Å². The van der Waals surface area contributed by atoms with Gasteiger partial charge in [0, 0.05) is 38.3 Å². The molecule has 0 amide bonds. The summed E-state index contributed by atoms with van der Waals surface area (Å²) in [6.45, 7) is 6.97. The fraction of sp³-hybridized carbons (Fsp3) is 1.00. The smallest absolute Gasteiger partial charge is 0.0726 e. The van der Waals surface area contributed by atoms with Gasteiger partial charge < -0.3 is 10.1 Å². The number of hydrogen-bond donors (Lipinski definition) is 1. The Bertz CT molecular complexity index is 257. The first kappa shape index (κ1) is 12.9. The van der Waals surface area contributed by atoms with E-state index in [1.807, 2.05) is 0 Å². The van der Waals surface area contributed by atoms with Gasteiger partial charge >= 0.3 is 0 Å². The fourth-order valence-corrected chi connectivity index (χ4v) is 3.06. The minimum absolute atomic E-state index is 0.461. The SMILES string of the molecule is CC(NCCN(CC1CC1)C1CC1)C1CCCO1. The maximum Gasteiger partial charge on any atom is 0.0726 e. The summed E-state index contributed by atoms with van der Waals surface area (Å²) in [6.07, 6.45) is 8.77. The first-order valence-electron chi connectivity index (χ1n) is 7.92. The third kappa shape index (κ3) is 3.69. The van der Waals surface area contributed by atoms with Crippen molar-refractivity contribution in [2.45, 2.75) is 63.6 Å². The normalized spacial score (nSPS) is 30.0. The van der Waals surface area contributed by atoms with E-state index >= 15 is 0 Å². The van der Waals surface area contributed by atoms with Crippen molar-refractivity contribution in [2.24, 2.45) is 5.92 Å². The highest BCUT2D eigenvalue weighted by molar-refractivity contribution is 4.89. The van der Waals surface area contributed by atoms with Crippen molar-refractivity contribution in [2.75, 3.05) is 26.2 Å². The van der Waals surface area contributed by atoms with Crippen LogP contribution >= 0.6 is 0 Å². The number of nitrogens with zero attached hydrogens (tertiary/aromatic N) is 1. The van der Waals surface area contributed by atoms with Crippen molar-refractivity contribution in [3.05, 3.63) is 0 Å². The Hall–Kier alpha value is -0.120. The van der Waals surface area contributed by atoms with Crippen LogP contribution in [0.2, 0.25) is 0 Å². The molecule has 3 nitrogen and oxygen atoms in total. The molecule has 0 aromatic heterocycles. The number of ether oxygens (including phenoxy) is 1. The van der Waals surface area contributed by atoms with E-state index in [1.54, 1.807) is 0 Å². The van der Waals surface area contributed by atoms with E-state index in [0.717, 1.165) is 25.1 Å². The molecule has 3 heteroatoms. The Balaban J connectivity index is 1.34. The average molecular weight is 252 g/mol. The molecule has 2 atom stereocenters. The van der Waals surface area contributed by atoms with Gasteiger partial charge in [-0.1, -0.05) is 0 Å². The molecule has 2 aliphatic carbocycles. The van der Waals surface area contributed by atoms with Crippen molar-refractivity contribution in [1.29, 1.82) is 0 Å². The number of hydrogen-bond acceptors (Lipinski definition) is 3. The van der Waals surface area contributed by atoms with E-state index in [2.05, 4.69) is 17.1 Å². The predicted octanol–water partition coefficient (Wildman–Crippen LogP) is 2.02. The topological polar surface area (TPSA) is 24.5 Å². The quantitative estimate of drug-likeness (QED) is 0.715. The molecule has 0 aromatic rings. The lowest BCUT2D eigenvalue weighted by Crippen LogP contribution is -2.42. The van der Waals surface area contributed by atoms with Gasteiger partial charge in [0.05, 0.1) is 6.10 Å². The lowest BCUT2D eigenvalue weighted by atomic mass is 10.1. The molecule has 1 heterocycles. The van der Waals surface area contributed by atoms with Crippen LogP contribution in [0.15, 0.2) is 0 Å². The van der Waals surface area contributed by atoms with Crippen LogP contribution in [0, 0.1) is 5.92 Å². The summed E-state index contributed by atoms with van der Waals surface area (Å²) >= 11 is 0. The van der Waals surface area contributed by atoms with Crippen LogP contribution in [0.25, 0.3) is 0 Å². The first-order valence-corrected chi connectivity index (χ1v) is 7.92. The zero-order valence-corrected chi connectivity index (χ0v) is 11.7. The van der Waals surface area contributed by atoms with E-state index in [-0.39, 0.29) is 0 Å². The van der Waals surface area contributed by atoms with Crippen LogP contribution in [-0.2, 0) is 4.74 Å². The zero-order chi connectivity index (χ0) is 12.4. The summed E-state index contributed by atoms with van der Waals surface area (Å²) in [5.74, 6) is 1.03. The van der Waals surface area contributed by atoms with Crippen LogP contribution in [0.3, 0.4) is 0 Å². The van der Waals surface area contributed by atoms with Gasteiger partial charge in [0.15, 0.2) is 0 Å². The minimum Gasteiger partial charge on any atom is -0.377 e. The molecule has 104 valence electrons. The highest BCUT2D eigenvalue weighted by Crippen LogP contribution is 2.34. The van der Waals surface area contributed by atoms with Crippen molar-refractivity contribution >= 4 is 0 Å². The zero-order valence-electron chi connectivity index (χ0n) is 11.7. The van der Waals surface area contributed by atoms with E-state index in [0.29, 0.717) is 12.1 Å². The highest BCUT2D eigenvalue weighted by Gasteiger charge is 2.33. The first-order chi connectivity index (χ1) is 8.83. The van der Waals surface area contributed by atoms with Gasteiger partial charge in [-0.15, -0.1) is 0 Å². The molecule has 3 aliphatic rings. The largest absolute Gasteiger partial charge is 0.377 e.